The summed E-state index contributed by atoms with van der Waals surface area (Å²) in [5.41, 5.74) is 1.12. The summed E-state index contributed by atoms with van der Waals surface area (Å²) in [5, 5.41) is 7.30. The van der Waals surface area contributed by atoms with Crippen molar-refractivity contribution >= 4 is 5.82 Å². The highest BCUT2D eigenvalue weighted by Crippen LogP contribution is 2.11. The van der Waals surface area contributed by atoms with Gasteiger partial charge in [-0.15, -0.1) is 0 Å². The first kappa shape index (κ1) is 10.5. The zero-order valence-corrected chi connectivity index (χ0v) is 9.34. The minimum atomic E-state index is 0.608. The molecule has 2 aromatic rings. The fraction of sp³-hybridized carbons (Fsp3) is 0.273. The van der Waals surface area contributed by atoms with Gasteiger partial charge in [-0.3, -0.25) is 4.68 Å². The van der Waals surface area contributed by atoms with Crippen molar-refractivity contribution < 1.29 is 4.74 Å². The molecule has 1 N–H and O–H groups in total. The molecule has 0 bridgehead atoms. The van der Waals surface area contributed by atoms with E-state index in [0.717, 1.165) is 11.4 Å². The molecule has 0 spiro atoms. The van der Waals surface area contributed by atoms with Gasteiger partial charge in [-0.25, -0.2) is 0 Å². The number of aryl methyl sites for hydroxylation is 1. The molecule has 0 aliphatic rings. The van der Waals surface area contributed by atoms with Crippen LogP contribution >= 0.6 is 0 Å². The minimum Gasteiger partial charge on any atom is -0.481 e. The Hall–Kier alpha value is -2.04. The van der Waals surface area contributed by atoms with E-state index in [9.17, 15) is 0 Å². The van der Waals surface area contributed by atoms with Gasteiger partial charge in [-0.05, 0) is 6.07 Å². The van der Waals surface area contributed by atoms with E-state index < -0.39 is 0 Å². The van der Waals surface area contributed by atoms with E-state index in [1.807, 2.05) is 37.6 Å². The molecule has 0 radical (unpaired) electrons. The normalized spacial score (nSPS) is 10.1. The monoisotopic (exact) mass is 218 g/mol. The molecule has 16 heavy (non-hydrogen) atoms. The molecule has 5 heteroatoms. The van der Waals surface area contributed by atoms with Crippen molar-refractivity contribution in [3.63, 3.8) is 0 Å². The van der Waals surface area contributed by atoms with Crippen molar-refractivity contribution in [2.45, 2.75) is 6.54 Å². The lowest BCUT2D eigenvalue weighted by Crippen LogP contribution is -2.01. The number of ether oxygens (including phenoxy) is 1. The number of nitrogens with one attached hydrogen (secondary N) is 1. The first-order chi connectivity index (χ1) is 7.78. The van der Waals surface area contributed by atoms with Crippen molar-refractivity contribution in [3.8, 4) is 5.88 Å². The van der Waals surface area contributed by atoms with Crippen LogP contribution in [0.25, 0.3) is 0 Å². The zero-order valence-electron chi connectivity index (χ0n) is 9.34. The summed E-state index contributed by atoms with van der Waals surface area (Å²) in [6.45, 7) is 0.702. The van der Waals surface area contributed by atoms with E-state index in [-0.39, 0.29) is 0 Å². The smallest absolute Gasteiger partial charge is 0.214 e. The molecule has 0 saturated carbocycles. The predicted octanol–water partition coefficient (Wildman–Crippen LogP) is 1.44. The van der Waals surface area contributed by atoms with Crippen molar-refractivity contribution in [1.29, 1.82) is 0 Å². The summed E-state index contributed by atoms with van der Waals surface area (Å²) in [7, 11) is 3.50. The lowest BCUT2D eigenvalue weighted by Gasteiger charge is -2.05. The highest BCUT2D eigenvalue weighted by atomic mass is 16.5. The largest absolute Gasteiger partial charge is 0.481 e. The Morgan fingerprint density at radius 1 is 1.44 bits per heavy atom. The summed E-state index contributed by atoms with van der Waals surface area (Å²) in [6.07, 6.45) is 3.79. The second-order valence-electron chi connectivity index (χ2n) is 3.44. The molecule has 0 aromatic carbocycles. The molecule has 0 atom stereocenters. The van der Waals surface area contributed by atoms with Crippen LogP contribution in [-0.4, -0.2) is 21.9 Å². The summed E-state index contributed by atoms with van der Waals surface area (Å²) in [5.74, 6) is 1.40. The number of anilines is 1. The Balaban J connectivity index is 1.99. The predicted molar refractivity (Wildman–Crippen MR) is 61.3 cm³/mol. The summed E-state index contributed by atoms with van der Waals surface area (Å²) in [6, 6.07) is 5.62. The zero-order chi connectivity index (χ0) is 11.4. The van der Waals surface area contributed by atoms with Gasteiger partial charge in [0.1, 0.15) is 5.82 Å². The first-order valence-electron chi connectivity index (χ1n) is 5.00. The molecule has 2 rings (SSSR count). The van der Waals surface area contributed by atoms with Gasteiger partial charge in [0, 0.05) is 31.4 Å². The van der Waals surface area contributed by atoms with E-state index in [0.29, 0.717) is 12.4 Å². The number of nitrogens with zero attached hydrogens (tertiary/aromatic N) is 3. The molecule has 2 heterocycles. The van der Waals surface area contributed by atoms with Gasteiger partial charge in [0.15, 0.2) is 0 Å². The summed E-state index contributed by atoms with van der Waals surface area (Å²) >= 11 is 0. The third-order valence-electron chi connectivity index (χ3n) is 2.16. The van der Waals surface area contributed by atoms with Gasteiger partial charge in [0.05, 0.1) is 13.3 Å². The highest BCUT2D eigenvalue weighted by Gasteiger charge is 1.98. The number of hydrogen-bond acceptors (Lipinski definition) is 4. The Morgan fingerprint density at radius 3 is 3.00 bits per heavy atom. The maximum Gasteiger partial charge on any atom is 0.214 e. The number of pyridine rings is 1. The lowest BCUT2D eigenvalue weighted by atomic mass is 10.3. The first-order valence-corrected chi connectivity index (χ1v) is 5.00. The van der Waals surface area contributed by atoms with E-state index in [1.165, 1.54) is 0 Å². The van der Waals surface area contributed by atoms with Gasteiger partial charge < -0.3 is 10.1 Å². The van der Waals surface area contributed by atoms with Crippen LogP contribution in [0.3, 0.4) is 0 Å². The highest BCUT2D eigenvalue weighted by molar-refractivity contribution is 5.37. The Kier molecular flexibility index (Phi) is 3.05. The Morgan fingerprint density at radius 2 is 2.31 bits per heavy atom. The fourth-order valence-corrected chi connectivity index (χ4v) is 1.38. The number of rotatable bonds is 4. The average molecular weight is 218 g/mol. The minimum absolute atomic E-state index is 0.608. The quantitative estimate of drug-likeness (QED) is 0.843. The van der Waals surface area contributed by atoms with Gasteiger partial charge in [-0.1, -0.05) is 6.07 Å². The molecule has 0 aliphatic carbocycles. The van der Waals surface area contributed by atoms with Crippen LogP contribution < -0.4 is 10.1 Å². The molecule has 0 amide bonds. The lowest BCUT2D eigenvalue weighted by molar-refractivity contribution is 0.398. The Labute approximate surface area is 94.1 Å². The van der Waals surface area contributed by atoms with Crippen LogP contribution in [0, 0.1) is 0 Å². The maximum absolute atomic E-state index is 5.04. The molecule has 2 aromatic heterocycles. The summed E-state index contributed by atoms with van der Waals surface area (Å²) < 4.78 is 6.82. The van der Waals surface area contributed by atoms with E-state index in [1.54, 1.807) is 11.8 Å². The molecular formula is C11H14N4O. The fourth-order valence-electron chi connectivity index (χ4n) is 1.38. The average Bonchev–Trinajstić information content (AvgIpc) is 2.73. The van der Waals surface area contributed by atoms with E-state index in [2.05, 4.69) is 15.4 Å². The number of aromatic nitrogens is 3. The topological polar surface area (TPSA) is 52.0 Å². The van der Waals surface area contributed by atoms with Gasteiger partial charge >= 0.3 is 0 Å². The van der Waals surface area contributed by atoms with Crippen LogP contribution in [0.5, 0.6) is 5.88 Å². The van der Waals surface area contributed by atoms with Gasteiger partial charge in [0.25, 0.3) is 0 Å². The third kappa shape index (κ3) is 2.50. The van der Waals surface area contributed by atoms with Crippen molar-refractivity contribution in [2.24, 2.45) is 7.05 Å². The molecule has 5 nitrogen and oxygen atoms in total. The van der Waals surface area contributed by atoms with E-state index in [4.69, 9.17) is 4.74 Å². The molecule has 0 aliphatic heterocycles. The van der Waals surface area contributed by atoms with Crippen LogP contribution in [0.2, 0.25) is 0 Å². The standard InChI is InChI=1S/C11H14N4O/c1-15-8-9(7-13-15)6-12-10-4-3-5-11(14-10)16-2/h3-5,7-8H,6H2,1-2H3,(H,12,14). The second kappa shape index (κ2) is 4.65. The third-order valence-corrected chi connectivity index (χ3v) is 2.16. The number of hydrogen-bond donors (Lipinski definition) is 1. The van der Waals surface area contributed by atoms with Crippen LogP contribution in [0.4, 0.5) is 5.82 Å². The van der Waals surface area contributed by atoms with Crippen LogP contribution in [-0.2, 0) is 13.6 Å². The van der Waals surface area contributed by atoms with Crippen LogP contribution in [0.1, 0.15) is 5.56 Å². The molecule has 0 fully saturated rings. The van der Waals surface area contributed by atoms with Gasteiger partial charge in [0.2, 0.25) is 5.88 Å². The molecule has 0 unspecified atom stereocenters. The Bertz CT molecular complexity index is 467. The van der Waals surface area contributed by atoms with Crippen LogP contribution in [0.15, 0.2) is 30.6 Å². The molecule has 0 saturated heterocycles. The molecule has 84 valence electrons. The SMILES string of the molecule is COc1cccc(NCc2cnn(C)c2)n1. The van der Waals surface area contributed by atoms with E-state index >= 15 is 0 Å². The van der Waals surface area contributed by atoms with Gasteiger partial charge in [-0.2, -0.15) is 10.1 Å². The number of methoxy groups -OCH3 is 1. The summed E-state index contributed by atoms with van der Waals surface area (Å²) in [4.78, 5) is 4.25. The van der Waals surface area contributed by atoms with Crippen molar-refractivity contribution in [2.75, 3.05) is 12.4 Å². The maximum atomic E-state index is 5.04. The molecular weight excluding hydrogens is 204 g/mol. The second-order valence-corrected chi connectivity index (χ2v) is 3.44. The van der Waals surface area contributed by atoms with Crippen molar-refractivity contribution in [3.05, 3.63) is 36.2 Å². The van der Waals surface area contributed by atoms with Crippen molar-refractivity contribution in [1.82, 2.24) is 14.8 Å².